The van der Waals surface area contributed by atoms with Crippen LogP contribution < -0.4 is 5.56 Å². The van der Waals surface area contributed by atoms with E-state index in [-0.39, 0.29) is 11.2 Å². The van der Waals surface area contributed by atoms with E-state index in [1.165, 1.54) is 4.52 Å². The summed E-state index contributed by atoms with van der Waals surface area (Å²) in [6, 6.07) is 9.78. The number of rotatable bonds is 1. The summed E-state index contributed by atoms with van der Waals surface area (Å²) in [5.41, 5.74) is 3.22. The molecule has 0 unspecified atom stereocenters. The molecule has 0 saturated heterocycles. The Hall–Kier alpha value is -2.96. The molecule has 0 spiro atoms. The average molecular weight is 267 g/mol. The van der Waals surface area contributed by atoms with E-state index in [2.05, 4.69) is 20.5 Å². The monoisotopic (exact) mass is 267 g/mol. The van der Waals surface area contributed by atoms with Crippen LogP contribution in [0, 0.1) is 6.92 Å². The molecule has 3 heterocycles. The molecular weight excluding hydrogens is 258 g/mol. The maximum atomic E-state index is 11.5. The summed E-state index contributed by atoms with van der Waals surface area (Å²) in [7, 11) is 0. The Morgan fingerprint density at radius 3 is 2.80 bits per heavy atom. The first-order chi connectivity index (χ1) is 9.75. The predicted octanol–water partition coefficient (Wildman–Crippen LogP) is 1.53. The summed E-state index contributed by atoms with van der Waals surface area (Å²) >= 11 is 0. The highest BCUT2D eigenvalue weighted by Gasteiger charge is 2.18. The topological polar surface area (TPSA) is 89.1 Å². The Labute approximate surface area is 111 Å². The zero-order valence-electron chi connectivity index (χ0n) is 10.5. The van der Waals surface area contributed by atoms with Gasteiger partial charge in [-0.1, -0.05) is 30.3 Å². The number of hydrogen-bond donors (Lipinski definition) is 1. The van der Waals surface area contributed by atoms with Crippen molar-refractivity contribution >= 4 is 16.9 Å². The van der Waals surface area contributed by atoms with Gasteiger partial charge in [0.25, 0.3) is 5.71 Å². The number of nitrogens with zero attached hydrogens (tertiary/aromatic N) is 4. The fourth-order valence-electron chi connectivity index (χ4n) is 2.31. The Kier molecular flexibility index (Phi) is 2.06. The number of benzene rings is 1. The van der Waals surface area contributed by atoms with E-state index in [1.54, 1.807) is 0 Å². The second kappa shape index (κ2) is 3.77. The second-order valence-electron chi connectivity index (χ2n) is 4.45. The molecule has 0 saturated carbocycles. The molecule has 0 aliphatic rings. The van der Waals surface area contributed by atoms with Crippen LogP contribution >= 0.6 is 0 Å². The van der Waals surface area contributed by atoms with Crippen LogP contribution in [-0.4, -0.2) is 25.0 Å². The molecule has 0 aliphatic heterocycles. The van der Waals surface area contributed by atoms with Gasteiger partial charge in [0.05, 0.1) is 11.3 Å². The quantitative estimate of drug-likeness (QED) is 0.565. The zero-order chi connectivity index (χ0) is 13.7. The van der Waals surface area contributed by atoms with Crippen molar-refractivity contribution in [2.24, 2.45) is 0 Å². The summed E-state index contributed by atoms with van der Waals surface area (Å²) < 4.78 is 6.62. The lowest BCUT2D eigenvalue weighted by Gasteiger charge is -1.98. The smallest absolute Gasteiger partial charge is 0.310 e. The molecule has 0 fully saturated rings. The van der Waals surface area contributed by atoms with E-state index in [0.717, 1.165) is 16.8 Å². The molecule has 0 aliphatic carbocycles. The van der Waals surface area contributed by atoms with E-state index in [9.17, 15) is 4.79 Å². The van der Waals surface area contributed by atoms with Gasteiger partial charge in [-0.2, -0.15) is 14.8 Å². The maximum Gasteiger partial charge on any atom is 0.310 e. The highest BCUT2D eigenvalue weighted by Crippen LogP contribution is 2.27. The highest BCUT2D eigenvalue weighted by atomic mass is 16.5. The van der Waals surface area contributed by atoms with E-state index in [4.69, 9.17) is 4.52 Å². The van der Waals surface area contributed by atoms with E-state index in [0.29, 0.717) is 5.65 Å². The molecule has 0 amide bonds. The fraction of sp³-hybridized carbons (Fsp3) is 0.0769. The van der Waals surface area contributed by atoms with Gasteiger partial charge in [-0.3, -0.25) is 4.79 Å². The molecular formula is C13H9N5O2. The number of nitrogens with one attached hydrogen (secondary N) is 1. The van der Waals surface area contributed by atoms with Crippen molar-refractivity contribution in [3.8, 4) is 11.1 Å². The van der Waals surface area contributed by atoms with Crippen molar-refractivity contribution in [2.75, 3.05) is 0 Å². The van der Waals surface area contributed by atoms with Crippen LogP contribution in [-0.2, 0) is 0 Å². The van der Waals surface area contributed by atoms with Crippen LogP contribution in [0.15, 0.2) is 39.6 Å². The van der Waals surface area contributed by atoms with E-state index in [1.807, 2.05) is 37.3 Å². The third-order valence-corrected chi connectivity index (χ3v) is 3.19. The SMILES string of the molecule is Cc1nn2c(nnc3c(=O)[nH]oc32)c1-c1ccccc1. The van der Waals surface area contributed by atoms with Crippen molar-refractivity contribution in [1.82, 2.24) is 25.0 Å². The van der Waals surface area contributed by atoms with Crippen LogP contribution in [0.3, 0.4) is 0 Å². The van der Waals surface area contributed by atoms with E-state index < -0.39 is 5.56 Å². The second-order valence-corrected chi connectivity index (χ2v) is 4.45. The lowest BCUT2D eigenvalue weighted by atomic mass is 10.1. The number of aryl methyl sites for hydroxylation is 1. The number of fused-ring (bicyclic) bond motifs is 3. The molecule has 0 atom stereocenters. The van der Waals surface area contributed by atoms with Crippen molar-refractivity contribution in [3.05, 3.63) is 46.4 Å². The molecule has 0 bridgehead atoms. The largest absolute Gasteiger partial charge is 0.356 e. The Morgan fingerprint density at radius 2 is 2.00 bits per heavy atom. The van der Waals surface area contributed by atoms with Crippen molar-refractivity contribution in [2.45, 2.75) is 6.92 Å². The molecule has 4 aromatic rings. The highest BCUT2D eigenvalue weighted by molar-refractivity contribution is 5.82. The molecule has 7 heteroatoms. The molecule has 3 aromatic heterocycles. The number of H-pyrrole nitrogens is 1. The fourth-order valence-corrected chi connectivity index (χ4v) is 2.31. The van der Waals surface area contributed by atoms with Crippen LogP contribution in [0.5, 0.6) is 0 Å². The Bertz CT molecular complexity index is 981. The molecule has 98 valence electrons. The van der Waals surface area contributed by atoms with Gasteiger partial charge in [0, 0.05) is 0 Å². The minimum absolute atomic E-state index is 0.139. The molecule has 7 nitrogen and oxygen atoms in total. The molecule has 1 aromatic carbocycles. The first kappa shape index (κ1) is 10.9. The normalized spacial score (nSPS) is 11.4. The standard InChI is InChI=1S/C13H9N5O2/c1-7-9(8-5-3-2-4-6-8)11-15-14-10-12(19)17-20-13(10)18(11)16-7/h2-6H,1H3,(H,17,19). The van der Waals surface area contributed by atoms with Gasteiger partial charge < -0.3 is 4.52 Å². The predicted molar refractivity (Wildman–Crippen MR) is 71.3 cm³/mol. The minimum atomic E-state index is -0.413. The van der Waals surface area contributed by atoms with Gasteiger partial charge in [0.15, 0.2) is 5.65 Å². The molecule has 4 rings (SSSR count). The van der Waals surface area contributed by atoms with Gasteiger partial charge in [-0.15, -0.1) is 10.2 Å². The number of hydrogen-bond acceptors (Lipinski definition) is 5. The van der Waals surface area contributed by atoms with Gasteiger partial charge in [0.1, 0.15) is 0 Å². The first-order valence-corrected chi connectivity index (χ1v) is 6.04. The third kappa shape index (κ3) is 1.34. The summed E-state index contributed by atoms with van der Waals surface area (Å²) in [6.45, 7) is 1.88. The maximum absolute atomic E-state index is 11.5. The van der Waals surface area contributed by atoms with E-state index >= 15 is 0 Å². The Balaban J connectivity index is 2.15. The Morgan fingerprint density at radius 1 is 1.20 bits per heavy atom. The lowest BCUT2D eigenvalue weighted by molar-refractivity contribution is 0.435. The lowest BCUT2D eigenvalue weighted by Crippen LogP contribution is -2.02. The summed E-state index contributed by atoms with van der Waals surface area (Å²) in [5, 5.41) is 14.7. The van der Waals surface area contributed by atoms with Gasteiger partial charge in [-0.05, 0) is 12.5 Å². The average Bonchev–Trinajstić information content (AvgIpc) is 3.00. The van der Waals surface area contributed by atoms with Crippen LogP contribution in [0.25, 0.3) is 28.0 Å². The van der Waals surface area contributed by atoms with Crippen molar-refractivity contribution in [3.63, 3.8) is 0 Å². The van der Waals surface area contributed by atoms with Gasteiger partial charge in [0.2, 0.25) is 5.52 Å². The molecule has 1 N–H and O–H groups in total. The van der Waals surface area contributed by atoms with Crippen LogP contribution in [0.1, 0.15) is 5.69 Å². The number of aromatic amines is 1. The van der Waals surface area contributed by atoms with Gasteiger partial charge >= 0.3 is 5.56 Å². The third-order valence-electron chi connectivity index (χ3n) is 3.19. The van der Waals surface area contributed by atoms with Crippen LogP contribution in [0.2, 0.25) is 0 Å². The molecule has 20 heavy (non-hydrogen) atoms. The van der Waals surface area contributed by atoms with Gasteiger partial charge in [-0.25, -0.2) is 0 Å². The summed E-state index contributed by atoms with van der Waals surface area (Å²) in [4.78, 5) is 11.5. The summed E-state index contributed by atoms with van der Waals surface area (Å²) in [6.07, 6.45) is 0. The van der Waals surface area contributed by atoms with Crippen molar-refractivity contribution in [1.29, 1.82) is 0 Å². The first-order valence-electron chi connectivity index (χ1n) is 6.04. The summed E-state index contributed by atoms with van der Waals surface area (Å²) in [5.74, 6) is 0. The number of aromatic nitrogens is 5. The zero-order valence-corrected chi connectivity index (χ0v) is 10.5. The molecule has 0 radical (unpaired) electrons. The van der Waals surface area contributed by atoms with Crippen LogP contribution in [0.4, 0.5) is 0 Å². The van der Waals surface area contributed by atoms with Crippen molar-refractivity contribution < 1.29 is 4.52 Å². The minimum Gasteiger partial charge on any atom is -0.356 e.